The molecular weight excluding hydrogens is 154 g/mol. The molecule has 36 valence electrons. The van der Waals surface area contributed by atoms with Crippen LogP contribution in [-0.2, 0) is 12.5 Å². The Kier molecular flexibility index (Phi) is 68.3. The first kappa shape index (κ1) is 22.8. The zero-order valence-electron chi connectivity index (χ0n) is 4.54. The van der Waals surface area contributed by atoms with Crippen molar-refractivity contribution >= 4 is 18.7 Å². The smallest absolute Gasteiger partial charge is 0.652 e. The summed E-state index contributed by atoms with van der Waals surface area (Å²) in [5.41, 5.74) is 0. The Morgan fingerprint density at radius 1 is 1.12 bits per heavy atom. The summed E-state index contributed by atoms with van der Waals surface area (Å²) in [4.78, 5) is 8.33. The van der Waals surface area contributed by atoms with Gasteiger partial charge in [-0.25, -0.2) is 0 Å². The van der Waals surface area contributed by atoms with E-state index in [-0.39, 0.29) is 59.1 Å². The fourth-order valence-electron chi connectivity index (χ4n) is 0. The van der Waals surface area contributed by atoms with Crippen LogP contribution in [0.4, 0.5) is 4.79 Å². The first-order valence-electron chi connectivity index (χ1n) is 0.779. The molecule has 0 spiro atoms. The molecular formula is CNa2O4S. The van der Waals surface area contributed by atoms with Crippen LogP contribution in [0.15, 0.2) is 0 Å². The van der Waals surface area contributed by atoms with Gasteiger partial charge in [0.15, 0.2) is 12.5 Å². The van der Waals surface area contributed by atoms with Gasteiger partial charge >= 0.3 is 59.1 Å². The van der Waals surface area contributed by atoms with Crippen molar-refractivity contribution in [2.24, 2.45) is 0 Å². The van der Waals surface area contributed by atoms with E-state index in [1.165, 1.54) is 0 Å². The number of hydrogen-bond acceptors (Lipinski definition) is 5. The molecule has 0 bridgehead atoms. The maximum absolute atomic E-state index is 8.33. The monoisotopic (exact) mass is 154 g/mol. The molecule has 0 radical (unpaired) electrons. The first-order chi connectivity index (χ1) is 2.73. The maximum atomic E-state index is 8.33. The van der Waals surface area contributed by atoms with Crippen LogP contribution in [0.1, 0.15) is 0 Å². The van der Waals surface area contributed by atoms with Gasteiger partial charge in [0.2, 0.25) is 0 Å². The number of carbonyl (C=O) groups excluding carboxylic acids is 1. The Morgan fingerprint density at radius 2 is 1.12 bits per heavy atom. The van der Waals surface area contributed by atoms with E-state index in [1.807, 2.05) is 0 Å². The minimum atomic E-state index is -2.33. The Balaban J connectivity index is -0.0000000183. The van der Waals surface area contributed by atoms with Crippen molar-refractivity contribution in [1.29, 1.82) is 0 Å². The van der Waals surface area contributed by atoms with E-state index in [9.17, 15) is 0 Å². The fraction of sp³-hybridized carbons (Fsp3) is 0. The zero-order valence-corrected chi connectivity index (χ0v) is 9.36. The van der Waals surface area contributed by atoms with E-state index in [2.05, 4.69) is 12.5 Å². The predicted molar refractivity (Wildman–Crippen MR) is 13.5 cm³/mol. The van der Waals surface area contributed by atoms with Gasteiger partial charge in [-0.3, -0.25) is 0 Å². The molecule has 0 N–H and O–H groups in total. The van der Waals surface area contributed by atoms with Crippen molar-refractivity contribution in [3.8, 4) is 0 Å². The number of carboxylic acid groups (broad SMARTS) is 2. The van der Waals surface area contributed by atoms with Crippen LogP contribution < -0.4 is 69.3 Å². The number of hydrogen-bond donors (Lipinski definition) is 0. The summed E-state index contributed by atoms with van der Waals surface area (Å²) >= 11 is 2.83. The van der Waals surface area contributed by atoms with Crippen LogP contribution in [0.25, 0.3) is 0 Å². The first-order valence-corrected chi connectivity index (χ1v) is 1.11. The molecule has 0 aliphatic rings. The van der Waals surface area contributed by atoms with Gasteiger partial charge in [-0.2, -0.15) is 4.21 Å². The summed E-state index contributed by atoms with van der Waals surface area (Å²) in [6.07, 6.45) is -2.33. The van der Waals surface area contributed by atoms with E-state index in [0.717, 1.165) is 0 Å². The summed E-state index contributed by atoms with van der Waals surface area (Å²) in [6, 6.07) is 0. The molecule has 0 aromatic rings. The molecule has 0 saturated heterocycles. The zero-order chi connectivity index (χ0) is 5.58. The van der Waals surface area contributed by atoms with Crippen molar-refractivity contribution in [3.05, 3.63) is 0 Å². The van der Waals surface area contributed by atoms with E-state index >= 15 is 0 Å². The van der Waals surface area contributed by atoms with Gasteiger partial charge in [-0.05, 0) is 6.16 Å². The molecule has 0 aliphatic carbocycles. The largest absolute Gasteiger partial charge is 1.00 e. The molecule has 8 heavy (non-hydrogen) atoms. The normalized spacial score (nSPS) is 3.50. The van der Waals surface area contributed by atoms with Crippen molar-refractivity contribution < 1.29 is 78.3 Å². The average molecular weight is 154 g/mol. The molecule has 0 aliphatic heterocycles. The molecule has 0 amide bonds. The molecule has 0 unspecified atom stereocenters. The maximum Gasteiger partial charge on any atom is 1.00 e. The molecule has 0 heterocycles. The SMILES string of the molecule is O=C([O-])[O-].O=S.[Na+].[Na+]. The Hall–Kier alpha value is 1.29. The molecule has 4 nitrogen and oxygen atoms in total. The molecule has 0 fully saturated rings. The van der Waals surface area contributed by atoms with Gasteiger partial charge in [-0.1, -0.05) is 0 Å². The van der Waals surface area contributed by atoms with Gasteiger partial charge in [0.25, 0.3) is 0 Å². The predicted octanol–water partition coefficient (Wildman–Crippen LogP) is -8.78. The van der Waals surface area contributed by atoms with E-state index in [0.29, 0.717) is 0 Å². The summed E-state index contributed by atoms with van der Waals surface area (Å²) in [5.74, 6) is 0. The molecule has 0 atom stereocenters. The minimum Gasteiger partial charge on any atom is -0.652 e. The van der Waals surface area contributed by atoms with Gasteiger partial charge < -0.3 is 15.0 Å². The number of carbonyl (C=O) groups is 1. The Bertz CT molecular complexity index is 45.3. The van der Waals surface area contributed by atoms with Crippen molar-refractivity contribution in [1.82, 2.24) is 0 Å². The average Bonchev–Trinajstić information content (AvgIpc) is 1.41. The standard InChI is InChI=1S/CH2O3.2Na.OS/c2-1(3)4;;;1-2/h(H2,2,3,4);;;/q;2*+1;/p-2. The third-order valence-corrected chi connectivity index (χ3v) is 0. The van der Waals surface area contributed by atoms with Gasteiger partial charge in [0, 0.05) is 0 Å². The molecule has 0 aromatic heterocycles. The second kappa shape index (κ2) is 23.9. The van der Waals surface area contributed by atoms with Crippen molar-refractivity contribution in [3.63, 3.8) is 0 Å². The topological polar surface area (TPSA) is 80.3 Å². The van der Waals surface area contributed by atoms with Crippen LogP contribution in [0.3, 0.4) is 0 Å². The second-order valence-electron chi connectivity index (χ2n) is 0.250. The third-order valence-electron chi connectivity index (χ3n) is 0. The third kappa shape index (κ3) is 173. The van der Waals surface area contributed by atoms with Gasteiger partial charge in [0.1, 0.15) is 0 Å². The van der Waals surface area contributed by atoms with Crippen LogP contribution in [0.2, 0.25) is 0 Å². The van der Waals surface area contributed by atoms with Crippen LogP contribution >= 0.6 is 0 Å². The Labute approximate surface area is 95.8 Å². The van der Waals surface area contributed by atoms with E-state index in [1.54, 1.807) is 0 Å². The molecule has 0 saturated carbocycles. The number of rotatable bonds is 0. The fourth-order valence-corrected chi connectivity index (χ4v) is 0. The summed E-state index contributed by atoms with van der Waals surface area (Å²) < 4.78 is 7.83. The van der Waals surface area contributed by atoms with Gasteiger partial charge in [0.05, 0.1) is 0 Å². The van der Waals surface area contributed by atoms with E-state index in [4.69, 9.17) is 19.2 Å². The summed E-state index contributed by atoms with van der Waals surface area (Å²) in [6.45, 7) is 0. The van der Waals surface area contributed by atoms with Crippen molar-refractivity contribution in [2.45, 2.75) is 0 Å². The quantitative estimate of drug-likeness (QED) is 0.324. The molecule has 7 heteroatoms. The second-order valence-corrected chi connectivity index (χ2v) is 0.250. The van der Waals surface area contributed by atoms with Crippen LogP contribution in [0, 0.1) is 0 Å². The minimum absolute atomic E-state index is 0. The summed E-state index contributed by atoms with van der Waals surface area (Å²) in [5, 5.41) is 16.7. The Morgan fingerprint density at radius 3 is 1.12 bits per heavy atom. The molecule has 0 rings (SSSR count). The van der Waals surface area contributed by atoms with Crippen molar-refractivity contribution in [2.75, 3.05) is 0 Å². The van der Waals surface area contributed by atoms with E-state index < -0.39 is 6.16 Å². The molecule has 0 aromatic carbocycles. The van der Waals surface area contributed by atoms with Crippen LogP contribution in [-0.4, -0.2) is 10.4 Å². The summed E-state index contributed by atoms with van der Waals surface area (Å²) in [7, 11) is 0. The van der Waals surface area contributed by atoms with Crippen LogP contribution in [0.5, 0.6) is 0 Å². The van der Waals surface area contributed by atoms with Gasteiger partial charge in [-0.15, -0.1) is 0 Å².